The fourth-order valence-electron chi connectivity index (χ4n) is 1.98. The fraction of sp³-hybridized carbons (Fsp3) is 0.312. The van der Waals surface area contributed by atoms with Crippen molar-refractivity contribution in [2.75, 3.05) is 27.2 Å². The second kappa shape index (κ2) is 11.1. The van der Waals surface area contributed by atoms with E-state index in [1.165, 1.54) is 6.07 Å². The van der Waals surface area contributed by atoms with Gasteiger partial charge < -0.3 is 10.2 Å². The number of guanidine groups is 1. The molecule has 1 aromatic heterocycles. The first-order valence-corrected chi connectivity index (χ1v) is 10.3. The monoisotopic (exact) mass is 528 g/mol. The molecule has 10 heteroatoms. The van der Waals surface area contributed by atoms with E-state index in [2.05, 4.69) is 15.0 Å². The Morgan fingerprint density at radius 3 is 2.42 bits per heavy atom. The number of hydrogen-bond donors (Lipinski definition) is 2. The van der Waals surface area contributed by atoms with Crippen LogP contribution in [0, 0.1) is 0 Å². The first-order chi connectivity index (χ1) is 11.9. The number of rotatable bonds is 7. The number of aliphatic imine (C=N–C) groups is 1. The van der Waals surface area contributed by atoms with Crippen LogP contribution in [0.15, 0.2) is 51.7 Å². The predicted octanol–water partition coefficient (Wildman–Crippen LogP) is 3.01. The Morgan fingerprint density at radius 2 is 1.85 bits per heavy atom. The third-order valence-corrected chi connectivity index (χ3v) is 6.38. The molecule has 0 fully saturated rings. The van der Waals surface area contributed by atoms with Gasteiger partial charge in [0.25, 0.3) is 0 Å². The van der Waals surface area contributed by atoms with Gasteiger partial charge in [0.1, 0.15) is 4.21 Å². The summed E-state index contributed by atoms with van der Waals surface area (Å²) in [5.41, 5.74) is 1.11. The number of nitrogens with zero attached hydrogens (tertiary/aromatic N) is 2. The summed E-state index contributed by atoms with van der Waals surface area (Å²) in [6.07, 6.45) is 0. The minimum Gasteiger partial charge on any atom is -0.355 e. The number of benzene rings is 1. The molecule has 0 saturated heterocycles. The van der Waals surface area contributed by atoms with Gasteiger partial charge in [0.05, 0.1) is 10.9 Å². The van der Waals surface area contributed by atoms with Gasteiger partial charge in [0, 0.05) is 27.2 Å². The van der Waals surface area contributed by atoms with Crippen molar-refractivity contribution in [3.63, 3.8) is 0 Å². The molecule has 6 nitrogen and oxygen atoms in total. The zero-order chi connectivity index (χ0) is 18.3. The van der Waals surface area contributed by atoms with E-state index in [1.807, 2.05) is 49.3 Å². The van der Waals surface area contributed by atoms with Crippen molar-refractivity contribution in [3.8, 4) is 0 Å². The zero-order valence-electron chi connectivity index (χ0n) is 14.5. The average molecular weight is 529 g/mol. The molecule has 0 radical (unpaired) electrons. The SMILES string of the molecule is CN(C)C(=NCc1ccccc1)NCCNS(=O)(=O)c1ccc(Cl)s1.I. The number of halogens is 2. The quantitative estimate of drug-likeness (QED) is 0.251. The molecule has 0 saturated carbocycles. The summed E-state index contributed by atoms with van der Waals surface area (Å²) < 4.78 is 27.4. The molecule has 0 aliphatic rings. The van der Waals surface area contributed by atoms with Gasteiger partial charge in [-0.05, 0) is 17.7 Å². The molecule has 0 unspecified atom stereocenters. The molecule has 0 amide bonds. The second-order valence-corrected chi connectivity index (χ2v) is 9.11. The highest BCUT2D eigenvalue weighted by Crippen LogP contribution is 2.25. The number of hydrogen-bond acceptors (Lipinski definition) is 4. The van der Waals surface area contributed by atoms with Gasteiger partial charge in [-0.2, -0.15) is 0 Å². The fourth-order valence-corrected chi connectivity index (χ4v) is 4.54. The molecule has 26 heavy (non-hydrogen) atoms. The molecule has 0 bridgehead atoms. The highest BCUT2D eigenvalue weighted by atomic mass is 127. The standard InChI is InChI=1S/C16H21ClN4O2S2.HI/c1-21(2)16(19-12-13-6-4-3-5-7-13)18-10-11-20-25(22,23)15-9-8-14(17)24-15;/h3-9,20H,10-12H2,1-2H3,(H,18,19);1H. The van der Waals surface area contributed by atoms with E-state index in [0.29, 0.717) is 23.4 Å². The van der Waals surface area contributed by atoms with E-state index in [4.69, 9.17) is 11.6 Å². The van der Waals surface area contributed by atoms with Crippen LogP contribution in [0.1, 0.15) is 5.56 Å². The first-order valence-electron chi connectivity index (χ1n) is 7.63. The van der Waals surface area contributed by atoms with Crippen molar-refractivity contribution in [2.45, 2.75) is 10.8 Å². The molecule has 2 rings (SSSR count). The summed E-state index contributed by atoms with van der Waals surface area (Å²) in [5, 5.41) is 3.15. The zero-order valence-corrected chi connectivity index (χ0v) is 19.2. The summed E-state index contributed by atoms with van der Waals surface area (Å²) in [5.74, 6) is 0.696. The summed E-state index contributed by atoms with van der Waals surface area (Å²) >= 11 is 6.81. The van der Waals surface area contributed by atoms with E-state index in [0.717, 1.165) is 16.9 Å². The minimum atomic E-state index is -3.52. The van der Waals surface area contributed by atoms with Gasteiger partial charge in [0.2, 0.25) is 10.0 Å². The Morgan fingerprint density at radius 1 is 1.15 bits per heavy atom. The van der Waals surface area contributed by atoms with Gasteiger partial charge in [-0.3, -0.25) is 0 Å². The molecule has 0 spiro atoms. The lowest BCUT2D eigenvalue weighted by Crippen LogP contribution is -2.40. The van der Waals surface area contributed by atoms with Gasteiger partial charge in [0.15, 0.2) is 5.96 Å². The van der Waals surface area contributed by atoms with E-state index in [1.54, 1.807) is 6.07 Å². The first kappa shape index (κ1) is 23.2. The molecule has 2 aromatic rings. The van der Waals surface area contributed by atoms with Crippen LogP contribution in [0.5, 0.6) is 0 Å². The Kier molecular flexibility index (Phi) is 9.86. The third kappa shape index (κ3) is 7.39. The van der Waals surface area contributed by atoms with E-state index in [9.17, 15) is 8.42 Å². The lowest BCUT2D eigenvalue weighted by Gasteiger charge is -2.17. The summed E-state index contributed by atoms with van der Waals surface area (Å²) in [7, 11) is 0.245. The molecular weight excluding hydrogens is 507 g/mol. The predicted molar refractivity (Wildman–Crippen MR) is 119 cm³/mol. The minimum absolute atomic E-state index is 0. The number of nitrogens with one attached hydrogen (secondary N) is 2. The van der Waals surface area contributed by atoms with Gasteiger partial charge in [-0.25, -0.2) is 18.1 Å². The molecule has 0 atom stereocenters. The smallest absolute Gasteiger partial charge is 0.250 e. The lowest BCUT2D eigenvalue weighted by molar-refractivity contribution is 0.568. The van der Waals surface area contributed by atoms with E-state index in [-0.39, 0.29) is 34.7 Å². The Bertz CT molecular complexity index is 811. The normalized spacial score (nSPS) is 11.7. The Hall–Kier alpha value is -0.880. The maximum absolute atomic E-state index is 12.1. The summed E-state index contributed by atoms with van der Waals surface area (Å²) in [6.45, 7) is 1.22. The van der Waals surface area contributed by atoms with E-state index >= 15 is 0 Å². The molecule has 144 valence electrons. The van der Waals surface area contributed by atoms with Crippen LogP contribution in [0.3, 0.4) is 0 Å². The third-order valence-electron chi connectivity index (χ3n) is 3.19. The van der Waals surface area contributed by atoms with Crippen LogP contribution >= 0.6 is 46.9 Å². The van der Waals surface area contributed by atoms with Crippen LogP contribution in [0.4, 0.5) is 0 Å². The van der Waals surface area contributed by atoms with Gasteiger partial charge in [-0.15, -0.1) is 35.3 Å². The highest BCUT2D eigenvalue weighted by molar-refractivity contribution is 14.0. The largest absolute Gasteiger partial charge is 0.355 e. The van der Waals surface area contributed by atoms with Crippen LogP contribution in [0.2, 0.25) is 4.34 Å². The van der Waals surface area contributed by atoms with Crippen LogP contribution in [-0.4, -0.2) is 46.5 Å². The van der Waals surface area contributed by atoms with Crippen molar-refractivity contribution in [2.24, 2.45) is 4.99 Å². The maximum Gasteiger partial charge on any atom is 0.250 e. The lowest BCUT2D eigenvalue weighted by atomic mass is 10.2. The maximum atomic E-state index is 12.1. The molecule has 2 N–H and O–H groups in total. The summed E-state index contributed by atoms with van der Waals surface area (Å²) in [6, 6.07) is 13.0. The van der Waals surface area contributed by atoms with Gasteiger partial charge in [-0.1, -0.05) is 41.9 Å². The van der Waals surface area contributed by atoms with Crippen molar-refractivity contribution < 1.29 is 8.42 Å². The van der Waals surface area contributed by atoms with Crippen LogP contribution in [0.25, 0.3) is 0 Å². The molecular formula is C16H22ClIN4O2S2. The van der Waals surface area contributed by atoms with Crippen molar-refractivity contribution in [1.29, 1.82) is 0 Å². The number of thiophene rings is 1. The van der Waals surface area contributed by atoms with Crippen LogP contribution in [-0.2, 0) is 16.6 Å². The Balaban J connectivity index is 0.00000338. The number of sulfonamides is 1. The highest BCUT2D eigenvalue weighted by Gasteiger charge is 2.15. The summed E-state index contributed by atoms with van der Waals surface area (Å²) in [4.78, 5) is 6.39. The second-order valence-electron chi connectivity index (χ2n) is 5.40. The Labute approximate surface area is 180 Å². The molecule has 1 aromatic carbocycles. The molecule has 1 heterocycles. The van der Waals surface area contributed by atoms with Crippen molar-refractivity contribution in [1.82, 2.24) is 14.9 Å². The average Bonchev–Trinajstić information content (AvgIpc) is 3.02. The molecule has 0 aliphatic heterocycles. The molecule has 0 aliphatic carbocycles. The van der Waals surface area contributed by atoms with Crippen molar-refractivity contribution >= 4 is 62.9 Å². The van der Waals surface area contributed by atoms with Crippen LogP contribution < -0.4 is 10.0 Å². The van der Waals surface area contributed by atoms with E-state index < -0.39 is 10.0 Å². The van der Waals surface area contributed by atoms with Gasteiger partial charge >= 0.3 is 0 Å². The van der Waals surface area contributed by atoms with Crippen molar-refractivity contribution in [3.05, 3.63) is 52.4 Å². The topological polar surface area (TPSA) is 73.8 Å².